The summed E-state index contributed by atoms with van der Waals surface area (Å²) in [6, 6.07) is 12.6. The van der Waals surface area contributed by atoms with Crippen LogP contribution in [0.1, 0.15) is 18.2 Å². The van der Waals surface area contributed by atoms with E-state index >= 15 is 0 Å². The first-order chi connectivity index (χ1) is 11.1. The number of nitrogens with two attached hydrogens (primary N) is 1. The zero-order valence-electron chi connectivity index (χ0n) is 12.6. The Bertz CT molecular complexity index is 732. The summed E-state index contributed by atoms with van der Waals surface area (Å²) in [5.74, 6) is 4.69. The highest BCUT2D eigenvalue weighted by Crippen LogP contribution is 2.16. The largest absolute Gasteiger partial charge is 0.465 e. The van der Waals surface area contributed by atoms with Gasteiger partial charge in [-0.15, -0.1) is 0 Å². The Morgan fingerprint density at radius 1 is 1.13 bits per heavy atom. The maximum atomic E-state index is 12.0. The molecule has 118 valence electrons. The van der Waals surface area contributed by atoms with Crippen LogP contribution in [0.25, 0.3) is 11.6 Å². The number of allylic oxidation sites excluding steroid dienone is 1. The van der Waals surface area contributed by atoms with Crippen LogP contribution in [-0.2, 0) is 9.59 Å². The molecule has 0 fully saturated rings. The van der Waals surface area contributed by atoms with Crippen LogP contribution in [0.15, 0.2) is 64.9 Å². The van der Waals surface area contributed by atoms with E-state index in [1.165, 1.54) is 18.4 Å². The fraction of sp³-hybridized carbons (Fsp3) is 0.0588. The summed E-state index contributed by atoms with van der Waals surface area (Å²) >= 11 is 0. The van der Waals surface area contributed by atoms with Crippen molar-refractivity contribution in [1.29, 1.82) is 0 Å². The molecule has 0 unspecified atom stereocenters. The summed E-state index contributed by atoms with van der Waals surface area (Å²) < 4.78 is 5.10. The van der Waals surface area contributed by atoms with Gasteiger partial charge in [0, 0.05) is 6.08 Å². The third kappa shape index (κ3) is 4.42. The predicted octanol–water partition coefficient (Wildman–Crippen LogP) is 1.83. The summed E-state index contributed by atoms with van der Waals surface area (Å²) in [5, 5.41) is 2.55. The molecule has 1 aromatic carbocycles. The van der Waals surface area contributed by atoms with Crippen molar-refractivity contribution in [2.45, 2.75) is 6.92 Å². The molecule has 0 bridgehead atoms. The second-order valence-corrected chi connectivity index (χ2v) is 4.68. The van der Waals surface area contributed by atoms with Crippen molar-refractivity contribution in [3.63, 3.8) is 0 Å². The quantitative estimate of drug-likeness (QED) is 0.339. The lowest BCUT2D eigenvalue weighted by molar-refractivity contribution is -0.121. The van der Waals surface area contributed by atoms with Gasteiger partial charge in [-0.2, -0.15) is 0 Å². The van der Waals surface area contributed by atoms with E-state index in [9.17, 15) is 9.59 Å². The highest BCUT2D eigenvalue weighted by atomic mass is 16.3. The van der Waals surface area contributed by atoms with Gasteiger partial charge in [-0.05, 0) is 36.3 Å². The number of furan rings is 1. The lowest BCUT2D eigenvalue weighted by Crippen LogP contribution is -2.38. The van der Waals surface area contributed by atoms with Gasteiger partial charge < -0.3 is 9.73 Å². The Kier molecular flexibility index (Phi) is 5.49. The van der Waals surface area contributed by atoms with Crippen molar-refractivity contribution < 1.29 is 14.0 Å². The second kappa shape index (κ2) is 7.77. The normalized spacial score (nSPS) is 11.9. The van der Waals surface area contributed by atoms with Crippen molar-refractivity contribution in [2.75, 3.05) is 0 Å². The van der Waals surface area contributed by atoms with Gasteiger partial charge in [0.05, 0.1) is 6.26 Å². The van der Waals surface area contributed by atoms with E-state index in [0.717, 1.165) is 5.56 Å². The molecule has 4 N–H and O–H groups in total. The molecule has 2 rings (SSSR count). The monoisotopic (exact) mass is 311 g/mol. The van der Waals surface area contributed by atoms with Crippen LogP contribution in [0.5, 0.6) is 0 Å². The van der Waals surface area contributed by atoms with E-state index in [4.69, 9.17) is 10.3 Å². The Morgan fingerprint density at radius 3 is 2.48 bits per heavy atom. The van der Waals surface area contributed by atoms with Gasteiger partial charge in [0.1, 0.15) is 11.5 Å². The van der Waals surface area contributed by atoms with Crippen LogP contribution in [0, 0.1) is 0 Å². The number of hydrogen-bond acceptors (Lipinski definition) is 4. The Morgan fingerprint density at radius 2 is 1.87 bits per heavy atom. The highest BCUT2D eigenvalue weighted by molar-refractivity contribution is 6.05. The van der Waals surface area contributed by atoms with E-state index in [1.54, 1.807) is 19.1 Å². The van der Waals surface area contributed by atoms with Gasteiger partial charge in [-0.3, -0.25) is 15.0 Å². The minimum atomic E-state index is -0.578. The molecular weight excluding hydrogens is 294 g/mol. The highest BCUT2D eigenvalue weighted by Gasteiger charge is 2.15. The van der Waals surface area contributed by atoms with E-state index in [-0.39, 0.29) is 5.70 Å². The molecule has 2 amide bonds. The van der Waals surface area contributed by atoms with E-state index < -0.39 is 11.8 Å². The third-order valence-corrected chi connectivity index (χ3v) is 3.13. The lowest BCUT2D eigenvalue weighted by Gasteiger charge is -2.11. The van der Waals surface area contributed by atoms with Gasteiger partial charge in [-0.1, -0.05) is 30.3 Å². The molecule has 0 spiro atoms. The minimum Gasteiger partial charge on any atom is -0.465 e. The zero-order valence-corrected chi connectivity index (χ0v) is 12.6. The van der Waals surface area contributed by atoms with Gasteiger partial charge in [0.25, 0.3) is 5.91 Å². The smallest absolute Gasteiger partial charge is 0.281 e. The van der Waals surface area contributed by atoms with Crippen LogP contribution in [-0.4, -0.2) is 11.8 Å². The van der Waals surface area contributed by atoms with Crippen LogP contribution in [0.2, 0.25) is 0 Å². The van der Waals surface area contributed by atoms with Gasteiger partial charge in [0.15, 0.2) is 0 Å². The lowest BCUT2D eigenvalue weighted by atomic mass is 10.1. The summed E-state index contributed by atoms with van der Waals surface area (Å²) in [6.45, 7) is 1.73. The molecule has 0 radical (unpaired) electrons. The fourth-order valence-corrected chi connectivity index (χ4v) is 1.93. The predicted molar refractivity (Wildman–Crippen MR) is 87.3 cm³/mol. The molecule has 0 atom stereocenters. The number of carbonyl (C=O) groups excluding carboxylic acids is 2. The van der Waals surface area contributed by atoms with Crippen molar-refractivity contribution in [2.24, 2.45) is 5.84 Å². The maximum Gasteiger partial charge on any atom is 0.281 e. The Labute approximate surface area is 133 Å². The molecule has 2 aromatic rings. The minimum absolute atomic E-state index is 0.0906. The first-order valence-corrected chi connectivity index (χ1v) is 6.91. The number of amides is 2. The standard InChI is InChI=1S/C17H17N3O3/c1-12(13-6-3-2-4-7-13)16(17(22)20-18)19-15(21)10-9-14-8-5-11-23-14/h2-11H,18H2,1H3,(H,19,21)(H,20,22)/b10-9+,16-12-. The van der Waals surface area contributed by atoms with E-state index in [2.05, 4.69) is 5.32 Å². The average molecular weight is 311 g/mol. The molecule has 0 aliphatic heterocycles. The maximum absolute atomic E-state index is 12.0. The van der Waals surface area contributed by atoms with Gasteiger partial charge in [0.2, 0.25) is 5.91 Å². The average Bonchev–Trinajstić information content (AvgIpc) is 3.11. The molecule has 6 heteroatoms. The second-order valence-electron chi connectivity index (χ2n) is 4.68. The molecule has 0 saturated carbocycles. The van der Waals surface area contributed by atoms with Crippen molar-refractivity contribution in [3.05, 3.63) is 71.8 Å². The first-order valence-electron chi connectivity index (χ1n) is 6.91. The molecule has 1 aromatic heterocycles. The SMILES string of the molecule is C/C(=C(/NC(=O)/C=C/c1ccco1)C(=O)NN)c1ccccc1. The molecule has 0 aliphatic carbocycles. The summed E-state index contributed by atoms with van der Waals surface area (Å²) in [7, 11) is 0. The number of carbonyl (C=O) groups is 2. The molecule has 0 saturated heterocycles. The molecule has 1 heterocycles. The van der Waals surface area contributed by atoms with Crippen LogP contribution in [0.3, 0.4) is 0 Å². The van der Waals surface area contributed by atoms with Crippen molar-refractivity contribution in [3.8, 4) is 0 Å². The Hall–Kier alpha value is -3.12. The number of nitrogens with one attached hydrogen (secondary N) is 2. The van der Waals surface area contributed by atoms with Gasteiger partial charge >= 0.3 is 0 Å². The summed E-state index contributed by atoms with van der Waals surface area (Å²) in [4.78, 5) is 24.0. The number of hydrazine groups is 1. The topological polar surface area (TPSA) is 97.4 Å². The Balaban J connectivity index is 2.22. The van der Waals surface area contributed by atoms with Crippen LogP contribution < -0.4 is 16.6 Å². The summed E-state index contributed by atoms with van der Waals surface area (Å²) in [5.41, 5.74) is 3.54. The fourth-order valence-electron chi connectivity index (χ4n) is 1.93. The zero-order chi connectivity index (χ0) is 16.7. The number of benzene rings is 1. The van der Waals surface area contributed by atoms with E-state index in [1.807, 2.05) is 35.8 Å². The summed E-state index contributed by atoms with van der Waals surface area (Å²) in [6.07, 6.45) is 4.29. The first kappa shape index (κ1) is 16.3. The van der Waals surface area contributed by atoms with Crippen molar-refractivity contribution in [1.82, 2.24) is 10.7 Å². The van der Waals surface area contributed by atoms with Crippen molar-refractivity contribution >= 4 is 23.5 Å². The van der Waals surface area contributed by atoms with Crippen LogP contribution in [0.4, 0.5) is 0 Å². The van der Waals surface area contributed by atoms with Crippen LogP contribution >= 0.6 is 0 Å². The number of rotatable bonds is 5. The molecule has 6 nitrogen and oxygen atoms in total. The van der Waals surface area contributed by atoms with E-state index in [0.29, 0.717) is 11.3 Å². The molecular formula is C17H17N3O3. The van der Waals surface area contributed by atoms with Gasteiger partial charge in [-0.25, -0.2) is 5.84 Å². The molecule has 0 aliphatic rings. The molecule has 23 heavy (non-hydrogen) atoms. The third-order valence-electron chi connectivity index (χ3n) is 3.13. The number of hydrogen-bond donors (Lipinski definition) is 3.